The van der Waals surface area contributed by atoms with Gasteiger partial charge in [-0.1, -0.05) is 24.6 Å². The molecule has 3 rings (SSSR count). The average molecular weight is 357 g/mol. The summed E-state index contributed by atoms with van der Waals surface area (Å²) in [6, 6.07) is 9.09. The van der Waals surface area contributed by atoms with Crippen molar-refractivity contribution in [2.75, 3.05) is 17.8 Å². The van der Waals surface area contributed by atoms with E-state index >= 15 is 0 Å². The van der Waals surface area contributed by atoms with E-state index in [1.165, 1.54) is 12.7 Å². The summed E-state index contributed by atoms with van der Waals surface area (Å²) in [7, 11) is 0. The summed E-state index contributed by atoms with van der Waals surface area (Å²) in [5.74, 6) is 0.886. The molecule has 8 nitrogen and oxygen atoms in total. The van der Waals surface area contributed by atoms with Crippen LogP contribution in [0.1, 0.15) is 32.1 Å². The topological polar surface area (TPSA) is 111 Å². The minimum absolute atomic E-state index is 0.127. The van der Waals surface area contributed by atoms with Gasteiger partial charge in [0.05, 0.1) is 0 Å². The van der Waals surface area contributed by atoms with Crippen LogP contribution in [0.25, 0.3) is 0 Å². The van der Waals surface area contributed by atoms with E-state index < -0.39 is 0 Å². The van der Waals surface area contributed by atoms with Gasteiger partial charge in [-0.05, 0) is 37.8 Å². The number of hydrogen-bond donors (Lipinski definition) is 3. The molecule has 1 saturated carbocycles. The molecule has 8 heteroatoms. The number of anilines is 2. The average Bonchev–Trinajstić information content (AvgIpc) is 2.69. The van der Waals surface area contributed by atoms with Crippen molar-refractivity contribution in [3.63, 3.8) is 0 Å². The molecule has 0 saturated heterocycles. The monoisotopic (exact) mass is 357 g/mol. The first kappa shape index (κ1) is 17.8. The number of aromatic nitrogens is 2. The molecule has 4 N–H and O–H groups in total. The van der Waals surface area contributed by atoms with Crippen LogP contribution in [0.4, 0.5) is 11.5 Å². The Bertz CT molecular complexity index is 720. The Kier molecular flexibility index (Phi) is 6.08. The lowest BCUT2D eigenvalue weighted by atomic mass is 9.98. The molecule has 0 radical (unpaired) electrons. The highest BCUT2D eigenvalue weighted by Crippen LogP contribution is 2.28. The minimum atomic E-state index is -0.360. The molecule has 0 atom stereocenters. The van der Waals surface area contributed by atoms with Gasteiger partial charge in [0, 0.05) is 0 Å². The third kappa shape index (κ3) is 4.98. The highest BCUT2D eigenvalue weighted by Gasteiger charge is 2.18. The van der Waals surface area contributed by atoms with Crippen molar-refractivity contribution in [3.05, 3.63) is 36.7 Å². The van der Waals surface area contributed by atoms with E-state index in [2.05, 4.69) is 20.8 Å². The maximum atomic E-state index is 11.9. The van der Waals surface area contributed by atoms with Crippen LogP contribution in [-0.2, 0) is 4.79 Å². The van der Waals surface area contributed by atoms with Crippen molar-refractivity contribution in [1.29, 1.82) is 0 Å². The van der Waals surface area contributed by atoms with Gasteiger partial charge < -0.3 is 15.2 Å². The fourth-order valence-corrected chi connectivity index (χ4v) is 2.74. The predicted octanol–water partition coefficient (Wildman–Crippen LogP) is 2.29. The Morgan fingerprint density at radius 1 is 1.15 bits per heavy atom. The Morgan fingerprint density at radius 2 is 1.92 bits per heavy atom. The van der Waals surface area contributed by atoms with Crippen LogP contribution >= 0.6 is 0 Å². The van der Waals surface area contributed by atoms with Crippen LogP contribution < -0.4 is 26.1 Å². The second kappa shape index (κ2) is 8.89. The molecule has 26 heavy (non-hydrogen) atoms. The molecule has 1 aliphatic carbocycles. The van der Waals surface area contributed by atoms with Gasteiger partial charge in [0.1, 0.15) is 23.9 Å². The highest BCUT2D eigenvalue weighted by molar-refractivity contribution is 5.80. The first-order chi connectivity index (χ1) is 12.7. The van der Waals surface area contributed by atoms with Gasteiger partial charge in [0.2, 0.25) is 5.88 Å². The summed E-state index contributed by atoms with van der Waals surface area (Å²) in [6.45, 7) is -0.132. The van der Waals surface area contributed by atoms with Gasteiger partial charge in [-0.15, -0.1) is 0 Å². The third-order valence-electron chi connectivity index (χ3n) is 4.11. The third-order valence-corrected chi connectivity index (χ3v) is 4.11. The Balaban J connectivity index is 1.51. The quantitative estimate of drug-likeness (QED) is 0.652. The van der Waals surface area contributed by atoms with Crippen LogP contribution in [0.3, 0.4) is 0 Å². The lowest BCUT2D eigenvalue weighted by molar-refractivity contribution is -0.122. The Hall–Kier alpha value is -3.03. The second-order valence-electron chi connectivity index (χ2n) is 6.09. The van der Waals surface area contributed by atoms with E-state index in [0.717, 1.165) is 25.7 Å². The molecule has 0 aliphatic heterocycles. The number of rotatable bonds is 7. The van der Waals surface area contributed by atoms with Gasteiger partial charge >= 0.3 is 0 Å². The molecule has 1 heterocycles. The van der Waals surface area contributed by atoms with E-state index in [1.54, 1.807) is 12.1 Å². The van der Waals surface area contributed by atoms with E-state index in [-0.39, 0.29) is 24.3 Å². The number of carbonyl (C=O) groups is 1. The number of hydrogen-bond acceptors (Lipinski definition) is 7. The predicted molar refractivity (Wildman–Crippen MR) is 97.6 cm³/mol. The molecule has 1 aliphatic rings. The van der Waals surface area contributed by atoms with Crippen molar-refractivity contribution in [1.82, 2.24) is 15.4 Å². The van der Waals surface area contributed by atoms with Crippen LogP contribution in [0.2, 0.25) is 0 Å². The SMILES string of the molecule is Nc1c(NNC(=O)COc2ccccc2)ncnc1OC1CCCCC1. The largest absolute Gasteiger partial charge is 0.484 e. The molecule has 1 aromatic heterocycles. The van der Waals surface area contributed by atoms with E-state index in [4.69, 9.17) is 15.2 Å². The maximum Gasteiger partial charge on any atom is 0.276 e. The van der Waals surface area contributed by atoms with E-state index in [1.807, 2.05) is 18.2 Å². The Labute approximate surface area is 152 Å². The summed E-state index contributed by atoms with van der Waals surface area (Å²) in [4.78, 5) is 20.0. The van der Waals surface area contributed by atoms with Crippen LogP contribution in [0, 0.1) is 0 Å². The van der Waals surface area contributed by atoms with Crippen LogP contribution in [0.15, 0.2) is 36.7 Å². The maximum absolute atomic E-state index is 11.9. The molecule has 0 unspecified atom stereocenters. The number of benzene rings is 1. The van der Waals surface area contributed by atoms with Gasteiger partial charge in [-0.2, -0.15) is 4.98 Å². The van der Waals surface area contributed by atoms with E-state index in [9.17, 15) is 4.79 Å². The zero-order valence-electron chi connectivity index (χ0n) is 14.5. The summed E-state index contributed by atoms with van der Waals surface area (Å²) < 4.78 is 11.3. The van der Waals surface area contributed by atoms with Gasteiger partial charge in [0.25, 0.3) is 5.91 Å². The fraction of sp³-hybridized carbons (Fsp3) is 0.389. The highest BCUT2D eigenvalue weighted by atomic mass is 16.5. The Morgan fingerprint density at radius 3 is 2.69 bits per heavy atom. The molecule has 0 bridgehead atoms. The second-order valence-corrected chi connectivity index (χ2v) is 6.09. The standard InChI is InChI=1S/C18H23N5O3/c19-16-17(20-12-21-18(16)26-14-9-5-2-6-10-14)23-22-15(24)11-25-13-7-3-1-4-8-13/h1,3-4,7-8,12,14H,2,5-6,9-11,19H2,(H,22,24)(H,20,21,23). The molecule has 1 amide bonds. The lowest BCUT2D eigenvalue weighted by Gasteiger charge is -2.23. The summed E-state index contributed by atoms with van der Waals surface area (Å²) in [5.41, 5.74) is 11.5. The molecular weight excluding hydrogens is 334 g/mol. The van der Waals surface area contributed by atoms with E-state index in [0.29, 0.717) is 17.4 Å². The fourth-order valence-electron chi connectivity index (χ4n) is 2.74. The van der Waals surface area contributed by atoms with Crippen molar-refractivity contribution in [2.24, 2.45) is 0 Å². The normalized spacial score (nSPS) is 14.5. The van der Waals surface area contributed by atoms with Gasteiger partial charge in [-0.3, -0.25) is 15.6 Å². The number of hydrazine groups is 1. The number of ether oxygens (including phenoxy) is 2. The zero-order chi connectivity index (χ0) is 18.2. The molecule has 2 aromatic rings. The van der Waals surface area contributed by atoms with Crippen LogP contribution in [-0.4, -0.2) is 28.6 Å². The number of amides is 1. The van der Waals surface area contributed by atoms with Gasteiger partial charge in [0.15, 0.2) is 12.4 Å². The molecule has 138 valence electrons. The summed E-state index contributed by atoms with van der Waals surface area (Å²) in [6.07, 6.45) is 7.02. The van der Waals surface area contributed by atoms with Gasteiger partial charge in [-0.25, -0.2) is 4.98 Å². The summed E-state index contributed by atoms with van der Waals surface area (Å²) in [5, 5.41) is 0. The number of carbonyl (C=O) groups excluding carboxylic acids is 1. The minimum Gasteiger partial charge on any atom is -0.484 e. The summed E-state index contributed by atoms with van der Waals surface area (Å²) >= 11 is 0. The number of para-hydroxylation sites is 1. The first-order valence-corrected chi connectivity index (χ1v) is 8.72. The van der Waals surface area contributed by atoms with Crippen molar-refractivity contribution < 1.29 is 14.3 Å². The molecular formula is C18H23N5O3. The number of nitrogens with one attached hydrogen (secondary N) is 2. The van der Waals surface area contributed by atoms with Crippen molar-refractivity contribution >= 4 is 17.4 Å². The molecule has 0 spiro atoms. The number of nitrogens with two attached hydrogens (primary N) is 1. The van der Waals surface area contributed by atoms with Crippen LogP contribution in [0.5, 0.6) is 11.6 Å². The molecule has 1 fully saturated rings. The van der Waals surface area contributed by atoms with Crippen molar-refractivity contribution in [3.8, 4) is 11.6 Å². The smallest absolute Gasteiger partial charge is 0.276 e. The lowest BCUT2D eigenvalue weighted by Crippen LogP contribution is -2.34. The molecule has 1 aromatic carbocycles. The van der Waals surface area contributed by atoms with Crippen molar-refractivity contribution in [2.45, 2.75) is 38.2 Å². The number of nitrogen functional groups attached to an aromatic ring is 1. The first-order valence-electron chi connectivity index (χ1n) is 8.72. The zero-order valence-corrected chi connectivity index (χ0v) is 14.5. The number of nitrogens with zero attached hydrogens (tertiary/aromatic N) is 2.